The lowest BCUT2D eigenvalue weighted by atomic mass is 10.1. The van der Waals surface area contributed by atoms with Crippen LogP contribution in [0.3, 0.4) is 0 Å². The third kappa shape index (κ3) is 23.0. The SMILES string of the molecule is CC/C=C\C/C=C\C/C=C\C/C=C\CCCCCOCC(CO)OC(=O)CCCCCC. The predicted molar refractivity (Wildman–Crippen MR) is 136 cm³/mol. The zero-order valence-corrected chi connectivity index (χ0v) is 20.7. The van der Waals surface area contributed by atoms with Crippen molar-refractivity contribution in [1.82, 2.24) is 0 Å². The van der Waals surface area contributed by atoms with Crippen LogP contribution in [0.15, 0.2) is 48.6 Å². The van der Waals surface area contributed by atoms with E-state index >= 15 is 0 Å². The molecule has 0 aromatic heterocycles. The highest BCUT2D eigenvalue weighted by Gasteiger charge is 2.13. The second-order valence-electron chi connectivity index (χ2n) is 8.03. The van der Waals surface area contributed by atoms with Gasteiger partial charge in [-0.15, -0.1) is 0 Å². The maximum atomic E-state index is 11.8. The Morgan fingerprint density at radius 3 is 2.03 bits per heavy atom. The van der Waals surface area contributed by atoms with Gasteiger partial charge in [0.25, 0.3) is 0 Å². The molecule has 4 nitrogen and oxygen atoms in total. The molecule has 4 heteroatoms. The van der Waals surface area contributed by atoms with E-state index < -0.39 is 6.10 Å². The minimum atomic E-state index is -0.543. The molecule has 0 bridgehead atoms. The van der Waals surface area contributed by atoms with E-state index in [2.05, 4.69) is 62.5 Å². The monoisotopic (exact) mass is 448 g/mol. The fourth-order valence-electron chi connectivity index (χ4n) is 3.02. The van der Waals surface area contributed by atoms with Gasteiger partial charge < -0.3 is 14.6 Å². The number of hydrogen-bond donors (Lipinski definition) is 1. The minimum Gasteiger partial charge on any atom is -0.457 e. The summed E-state index contributed by atoms with van der Waals surface area (Å²) in [5, 5.41) is 9.35. The Bertz CT molecular complexity index is 520. The van der Waals surface area contributed by atoms with Gasteiger partial charge in [0.1, 0.15) is 6.10 Å². The summed E-state index contributed by atoms with van der Waals surface area (Å²) in [4.78, 5) is 11.8. The molecule has 0 saturated heterocycles. The molecule has 0 aliphatic rings. The second kappa shape index (κ2) is 25.6. The topological polar surface area (TPSA) is 55.8 Å². The molecule has 1 unspecified atom stereocenters. The smallest absolute Gasteiger partial charge is 0.306 e. The highest BCUT2D eigenvalue weighted by Crippen LogP contribution is 2.06. The summed E-state index contributed by atoms with van der Waals surface area (Å²) in [6.07, 6.45) is 30.3. The van der Waals surface area contributed by atoms with Crippen LogP contribution in [0.5, 0.6) is 0 Å². The maximum Gasteiger partial charge on any atom is 0.306 e. The van der Waals surface area contributed by atoms with Gasteiger partial charge in [0, 0.05) is 13.0 Å². The van der Waals surface area contributed by atoms with E-state index in [1.807, 2.05) is 0 Å². The number of aliphatic hydroxyl groups excluding tert-OH is 1. The summed E-state index contributed by atoms with van der Waals surface area (Å²) in [5.41, 5.74) is 0. The van der Waals surface area contributed by atoms with Gasteiger partial charge in [-0.1, -0.05) is 88.1 Å². The van der Waals surface area contributed by atoms with Crippen molar-refractivity contribution in [2.75, 3.05) is 19.8 Å². The largest absolute Gasteiger partial charge is 0.457 e. The standard InChI is InChI=1S/C28H48O4/c1-3-5-7-9-10-11-12-13-14-15-16-17-18-19-20-22-24-31-26-27(25-29)32-28(30)23-21-8-6-4-2/h5,7,10-11,13-14,16-17,27,29H,3-4,6,8-9,12,15,18-26H2,1-2H3/b7-5-,11-10-,14-13-,17-16-. The van der Waals surface area contributed by atoms with Gasteiger partial charge in [0.15, 0.2) is 0 Å². The highest BCUT2D eigenvalue weighted by atomic mass is 16.6. The van der Waals surface area contributed by atoms with Crippen LogP contribution in [0.1, 0.15) is 97.3 Å². The molecule has 1 N–H and O–H groups in total. The molecular formula is C28H48O4. The predicted octanol–water partition coefficient (Wildman–Crippen LogP) is 7.24. The number of carbonyl (C=O) groups is 1. The Labute approximate surface area is 197 Å². The molecular weight excluding hydrogens is 400 g/mol. The molecule has 0 radical (unpaired) electrons. The van der Waals surface area contributed by atoms with Crippen LogP contribution in [-0.4, -0.2) is 37.0 Å². The van der Waals surface area contributed by atoms with Gasteiger partial charge in [-0.05, 0) is 51.4 Å². The summed E-state index contributed by atoms with van der Waals surface area (Å²) in [5.74, 6) is -0.235. The maximum absolute atomic E-state index is 11.8. The van der Waals surface area contributed by atoms with Crippen molar-refractivity contribution in [2.24, 2.45) is 0 Å². The Morgan fingerprint density at radius 1 is 0.781 bits per heavy atom. The van der Waals surface area contributed by atoms with E-state index in [0.717, 1.165) is 77.0 Å². The number of allylic oxidation sites excluding steroid dienone is 8. The van der Waals surface area contributed by atoms with Crippen molar-refractivity contribution in [3.8, 4) is 0 Å². The molecule has 184 valence electrons. The van der Waals surface area contributed by atoms with Crippen LogP contribution in [-0.2, 0) is 14.3 Å². The van der Waals surface area contributed by atoms with E-state index in [-0.39, 0.29) is 19.2 Å². The molecule has 0 aliphatic carbocycles. The number of rotatable bonds is 22. The molecule has 0 rings (SSSR count). The number of ether oxygens (including phenoxy) is 2. The first-order valence-electron chi connectivity index (χ1n) is 12.7. The molecule has 32 heavy (non-hydrogen) atoms. The Kier molecular flexibility index (Phi) is 24.3. The molecule has 0 heterocycles. The summed E-state index contributed by atoms with van der Waals surface area (Å²) in [6.45, 7) is 5.01. The van der Waals surface area contributed by atoms with Crippen LogP contribution in [0.4, 0.5) is 0 Å². The van der Waals surface area contributed by atoms with E-state index in [1.165, 1.54) is 0 Å². The molecule has 0 fully saturated rings. The van der Waals surface area contributed by atoms with Crippen molar-refractivity contribution >= 4 is 5.97 Å². The van der Waals surface area contributed by atoms with Crippen LogP contribution in [0, 0.1) is 0 Å². The zero-order chi connectivity index (χ0) is 23.5. The molecule has 0 amide bonds. The third-order valence-corrected chi connectivity index (χ3v) is 4.92. The number of aliphatic hydroxyl groups is 1. The minimum absolute atomic E-state index is 0.188. The lowest BCUT2D eigenvalue weighted by Gasteiger charge is -2.15. The van der Waals surface area contributed by atoms with Crippen molar-refractivity contribution < 1.29 is 19.4 Å². The quantitative estimate of drug-likeness (QED) is 0.108. The normalized spacial score (nSPS) is 13.2. The molecule has 0 aliphatic heterocycles. The molecule has 0 spiro atoms. The summed E-state index contributed by atoms with van der Waals surface area (Å²) < 4.78 is 10.9. The molecule has 1 atom stereocenters. The van der Waals surface area contributed by atoms with Crippen LogP contribution in [0.25, 0.3) is 0 Å². The summed E-state index contributed by atoms with van der Waals surface area (Å²) in [7, 11) is 0. The summed E-state index contributed by atoms with van der Waals surface area (Å²) in [6, 6.07) is 0. The van der Waals surface area contributed by atoms with E-state index in [1.54, 1.807) is 0 Å². The number of carbonyl (C=O) groups excluding carboxylic acids is 1. The van der Waals surface area contributed by atoms with Gasteiger partial charge in [-0.2, -0.15) is 0 Å². The Morgan fingerprint density at radius 2 is 1.41 bits per heavy atom. The molecule has 0 saturated carbocycles. The number of esters is 1. The van der Waals surface area contributed by atoms with Crippen LogP contribution in [0.2, 0.25) is 0 Å². The first kappa shape index (κ1) is 30.4. The number of hydrogen-bond acceptors (Lipinski definition) is 4. The van der Waals surface area contributed by atoms with Crippen molar-refractivity contribution in [3.63, 3.8) is 0 Å². The lowest BCUT2D eigenvalue weighted by molar-refractivity contribution is -0.154. The first-order chi connectivity index (χ1) is 15.7. The van der Waals surface area contributed by atoms with E-state index in [0.29, 0.717) is 13.0 Å². The summed E-state index contributed by atoms with van der Waals surface area (Å²) >= 11 is 0. The van der Waals surface area contributed by atoms with Crippen LogP contribution >= 0.6 is 0 Å². The zero-order valence-electron chi connectivity index (χ0n) is 20.7. The lowest BCUT2D eigenvalue weighted by Crippen LogP contribution is -2.27. The van der Waals surface area contributed by atoms with Gasteiger partial charge in [0.2, 0.25) is 0 Å². The van der Waals surface area contributed by atoms with Crippen molar-refractivity contribution in [1.29, 1.82) is 0 Å². The second-order valence-corrected chi connectivity index (χ2v) is 8.03. The van der Waals surface area contributed by atoms with Crippen molar-refractivity contribution in [2.45, 2.75) is 103 Å². The number of unbranched alkanes of at least 4 members (excludes halogenated alkanes) is 6. The molecule has 0 aromatic rings. The first-order valence-corrected chi connectivity index (χ1v) is 12.7. The fourth-order valence-corrected chi connectivity index (χ4v) is 3.02. The van der Waals surface area contributed by atoms with Crippen LogP contribution < -0.4 is 0 Å². The average Bonchev–Trinajstić information content (AvgIpc) is 2.80. The Hall–Kier alpha value is -1.65. The van der Waals surface area contributed by atoms with Gasteiger partial charge >= 0.3 is 5.97 Å². The fraction of sp³-hybridized carbons (Fsp3) is 0.679. The Balaban J connectivity index is 3.55. The van der Waals surface area contributed by atoms with Gasteiger partial charge in [0.05, 0.1) is 13.2 Å². The third-order valence-electron chi connectivity index (χ3n) is 4.92. The molecule has 0 aromatic carbocycles. The van der Waals surface area contributed by atoms with Gasteiger partial charge in [-0.3, -0.25) is 4.79 Å². The average molecular weight is 449 g/mol. The van der Waals surface area contributed by atoms with Gasteiger partial charge in [-0.25, -0.2) is 0 Å². The van der Waals surface area contributed by atoms with E-state index in [4.69, 9.17) is 9.47 Å². The highest BCUT2D eigenvalue weighted by molar-refractivity contribution is 5.69. The van der Waals surface area contributed by atoms with Crippen molar-refractivity contribution in [3.05, 3.63) is 48.6 Å². The van der Waals surface area contributed by atoms with E-state index in [9.17, 15) is 9.90 Å².